The zero-order valence-electron chi connectivity index (χ0n) is 26.9. The number of hydrogen-bond acceptors (Lipinski definition) is 4. The van der Waals surface area contributed by atoms with Crippen LogP contribution in [0.3, 0.4) is 0 Å². The summed E-state index contributed by atoms with van der Waals surface area (Å²) in [5.74, 6) is 1.97. The van der Waals surface area contributed by atoms with E-state index in [9.17, 15) is 0 Å². The van der Waals surface area contributed by atoms with Crippen LogP contribution in [0, 0.1) is 0 Å². The standard InChI is InChI=1S/C45H28N4S/c1-4-13-30(14-5-1)43-46-44(31-15-6-2-7-16-31)48-45(47-43)32-25-23-29(24-26-32)34-20-12-21-37-38-28-27-36-35-19-10-11-22-39(35)49(33-17-8-3-9-18-33)40(36)42(38)50-41(34)37/h1-28H. The molecule has 3 aromatic heterocycles. The molecule has 4 nitrogen and oxygen atoms in total. The molecule has 50 heavy (non-hydrogen) atoms. The number of aromatic nitrogens is 4. The maximum Gasteiger partial charge on any atom is 0.164 e. The summed E-state index contributed by atoms with van der Waals surface area (Å²) in [6, 6.07) is 59.6. The summed E-state index contributed by atoms with van der Waals surface area (Å²) in [5, 5.41) is 5.10. The molecule has 3 heterocycles. The second kappa shape index (κ2) is 11.6. The van der Waals surface area contributed by atoms with Gasteiger partial charge in [-0.15, -0.1) is 11.3 Å². The number of nitrogens with zero attached hydrogens (tertiary/aromatic N) is 4. The van der Waals surface area contributed by atoms with Crippen molar-refractivity contribution in [1.82, 2.24) is 19.5 Å². The molecule has 0 bridgehead atoms. The molecule has 0 aliphatic rings. The number of benzene rings is 7. The summed E-state index contributed by atoms with van der Waals surface area (Å²) in [6.07, 6.45) is 0. The lowest BCUT2D eigenvalue weighted by atomic mass is 10.0. The van der Waals surface area contributed by atoms with E-state index in [0.29, 0.717) is 17.5 Å². The zero-order chi connectivity index (χ0) is 33.0. The average Bonchev–Trinajstić information content (AvgIpc) is 3.75. The van der Waals surface area contributed by atoms with Gasteiger partial charge in [-0.1, -0.05) is 152 Å². The summed E-state index contributed by atoms with van der Waals surface area (Å²) >= 11 is 1.88. The number of rotatable bonds is 5. The fraction of sp³-hybridized carbons (Fsp3) is 0. The van der Waals surface area contributed by atoms with Crippen molar-refractivity contribution in [2.75, 3.05) is 0 Å². The third kappa shape index (κ3) is 4.63. The molecule has 0 radical (unpaired) electrons. The smallest absolute Gasteiger partial charge is 0.164 e. The highest BCUT2D eigenvalue weighted by molar-refractivity contribution is 7.27. The van der Waals surface area contributed by atoms with Gasteiger partial charge in [0.1, 0.15) is 0 Å². The molecule has 0 atom stereocenters. The molecule has 0 saturated heterocycles. The Morgan fingerprint density at radius 1 is 0.360 bits per heavy atom. The van der Waals surface area contributed by atoms with E-state index in [-0.39, 0.29) is 0 Å². The lowest BCUT2D eigenvalue weighted by Gasteiger charge is -2.09. The van der Waals surface area contributed by atoms with Crippen molar-refractivity contribution in [2.45, 2.75) is 0 Å². The molecule has 234 valence electrons. The van der Waals surface area contributed by atoms with Crippen LogP contribution in [0.5, 0.6) is 0 Å². The number of hydrogen-bond donors (Lipinski definition) is 0. The first-order valence-electron chi connectivity index (χ1n) is 16.7. The van der Waals surface area contributed by atoms with Crippen LogP contribution in [-0.2, 0) is 0 Å². The fourth-order valence-corrected chi connectivity index (χ4v) is 8.49. The molecule has 0 spiro atoms. The van der Waals surface area contributed by atoms with E-state index in [1.807, 2.05) is 72.0 Å². The van der Waals surface area contributed by atoms with Crippen LogP contribution in [0.25, 0.3) is 93.0 Å². The molecule has 5 heteroatoms. The lowest BCUT2D eigenvalue weighted by Crippen LogP contribution is -2.00. The van der Waals surface area contributed by atoms with Crippen molar-refractivity contribution in [3.63, 3.8) is 0 Å². The quantitative estimate of drug-likeness (QED) is 0.185. The van der Waals surface area contributed by atoms with Crippen molar-refractivity contribution < 1.29 is 0 Å². The highest BCUT2D eigenvalue weighted by atomic mass is 32.1. The second-order valence-corrected chi connectivity index (χ2v) is 13.4. The Morgan fingerprint density at radius 2 is 0.860 bits per heavy atom. The molecule has 10 rings (SSSR count). The summed E-state index contributed by atoms with van der Waals surface area (Å²) < 4.78 is 5.01. The minimum Gasteiger partial charge on any atom is -0.308 e. The van der Waals surface area contributed by atoms with Crippen molar-refractivity contribution in [3.05, 3.63) is 170 Å². The molecule has 0 N–H and O–H groups in total. The topological polar surface area (TPSA) is 43.6 Å². The van der Waals surface area contributed by atoms with E-state index in [4.69, 9.17) is 15.0 Å². The van der Waals surface area contributed by atoms with E-state index in [1.54, 1.807) is 0 Å². The number of para-hydroxylation sites is 2. The maximum absolute atomic E-state index is 4.94. The van der Waals surface area contributed by atoms with Crippen LogP contribution in [0.2, 0.25) is 0 Å². The molecular weight excluding hydrogens is 629 g/mol. The Balaban J connectivity index is 1.12. The Morgan fingerprint density at radius 3 is 1.52 bits per heavy atom. The van der Waals surface area contributed by atoms with E-state index >= 15 is 0 Å². The monoisotopic (exact) mass is 656 g/mol. The van der Waals surface area contributed by atoms with Crippen LogP contribution >= 0.6 is 11.3 Å². The summed E-state index contributed by atoms with van der Waals surface area (Å²) in [6.45, 7) is 0. The molecule has 0 aliphatic carbocycles. The van der Waals surface area contributed by atoms with Crippen LogP contribution in [0.15, 0.2) is 170 Å². The van der Waals surface area contributed by atoms with Gasteiger partial charge in [0.15, 0.2) is 17.5 Å². The number of thiophene rings is 1. The van der Waals surface area contributed by atoms with Gasteiger partial charge in [-0.25, -0.2) is 15.0 Å². The van der Waals surface area contributed by atoms with Gasteiger partial charge in [0.05, 0.1) is 15.7 Å². The van der Waals surface area contributed by atoms with Gasteiger partial charge in [-0.2, -0.15) is 0 Å². The van der Waals surface area contributed by atoms with Crippen molar-refractivity contribution in [3.8, 4) is 51.0 Å². The zero-order valence-corrected chi connectivity index (χ0v) is 27.7. The van der Waals surface area contributed by atoms with Crippen LogP contribution in [0.1, 0.15) is 0 Å². The molecule has 7 aromatic carbocycles. The minimum absolute atomic E-state index is 0.653. The summed E-state index contributed by atoms with van der Waals surface area (Å²) in [7, 11) is 0. The van der Waals surface area contributed by atoms with Gasteiger partial charge in [-0.05, 0) is 29.3 Å². The van der Waals surface area contributed by atoms with Crippen molar-refractivity contribution >= 4 is 53.3 Å². The minimum atomic E-state index is 0.653. The van der Waals surface area contributed by atoms with Crippen molar-refractivity contribution in [2.24, 2.45) is 0 Å². The maximum atomic E-state index is 4.94. The van der Waals surface area contributed by atoms with E-state index in [0.717, 1.165) is 22.3 Å². The third-order valence-corrected chi connectivity index (χ3v) is 10.7. The second-order valence-electron chi connectivity index (χ2n) is 12.4. The summed E-state index contributed by atoms with van der Waals surface area (Å²) in [5.41, 5.74) is 8.90. The highest BCUT2D eigenvalue weighted by Crippen LogP contribution is 2.45. The first-order chi connectivity index (χ1) is 24.8. The fourth-order valence-electron chi connectivity index (χ4n) is 7.11. The predicted molar refractivity (Wildman–Crippen MR) is 209 cm³/mol. The van der Waals surface area contributed by atoms with Gasteiger partial charge in [0.25, 0.3) is 0 Å². The van der Waals surface area contributed by atoms with Crippen LogP contribution < -0.4 is 0 Å². The van der Waals surface area contributed by atoms with Crippen LogP contribution in [-0.4, -0.2) is 19.5 Å². The largest absolute Gasteiger partial charge is 0.308 e. The molecule has 10 aromatic rings. The van der Waals surface area contributed by atoms with Gasteiger partial charge >= 0.3 is 0 Å². The molecule has 0 unspecified atom stereocenters. The van der Waals surface area contributed by atoms with E-state index in [2.05, 4.69) is 114 Å². The van der Waals surface area contributed by atoms with Gasteiger partial charge in [0.2, 0.25) is 0 Å². The Kier molecular flexibility index (Phi) is 6.64. The molecular formula is C45H28N4S. The first-order valence-corrected chi connectivity index (χ1v) is 17.5. The lowest BCUT2D eigenvalue weighted by molar-refractivity contribution is 1.07. The molecule has 0 saturated carbocycles. The first kappa shape index (κ1) is 28.6. The third-order valence-electron chi connectivity index (χ3n) is 9.47. The Labute approximate surface area is 292 Å². The Hall–Kier alpha value is -6.43. The van der Waals surface area contributed by atoms with E-state index in [1.165, 1.54) is 53.2 Å². The Bertz CT molecular complexity index is 2780. The number of fused-ring (bicyclic) bond motifs is 7. The van der Waals surface area contributed by atoms with Crippen molar-refractivity contribution in [1.29, 1.82) is 0 Å². The molecule has 0 amide bonds. The van der Waals surface area contributed by atoms with Gasteiger partial charge < -0.3 is 4.57 Å². The normalized spacial score (nSPS) is 11.6. The highest BCUT2D eigenvalue weighted by Gasteiger charge is 2.19. The van der Waals surface area contributed by atoms with Gasteiger partial charge in [0, 0.05) is 48.6 Å². The summed E-state index contributed by atoms with van der Waals surface area (Å²) in [4.78, 5) is 14.7. The van der Waals surface area contributed by atoms with E-state index < -0.39 is 0 Å². The van der Waals surface area contributed by atoms with Crippen LogP contribution in [0.4, 0.5) is 0 Å². The molecule has 0 fully saturated rings. The predicted octanol–water partition coefficient (Wildman–Crippen LogP) is 12.0. The van der Waals surface area contributed by atoms with Gasteiger partial charge in [-0.3, -0.25) is 0 Å². The molecule has 0 aliphatic heterocycles. The SMILES string of the molecule is c1ccc(-c2nc(-c3ccccc3)nc(-c3ccc(-c4cccc5c4sc4c5ccc5c6ccccc6n(-c6ccccc6)c54)cc3)n2)cc1. The average molecular weight is 657 g/mol.